The number of unbranched alkanes of at least 4 members (excludes halogenated alkanes) is 5. The van der Waals surface area contributed by atoms with E-state index in [2.05, 4.69) is 17.6 Å². The lowest BCUT2D eigenvalue weighted by atomic mass is 9.95. The zero-order chi connectivity index (χ0) is 32.2. The minimum atomic E-state index is -0.991. The van der Waals surface area contributed by atoms with Crippen LogP contribution in [0.1, 0.15) is 109 Å². The molecule has 2 rings (SSSR count). The first-order chi connectivity index (χ1) is 20.3. The summed E-state index contributed by atoms with van der Waals surface area (Å²) in [5.41, 5.74) is 2.37. The van der Waals surface area contributed by atoms with Crippen LogP contribution in [0.5, 0.6) is 5.75 Å². The number of para-hydroxylation sites is 1. The van der Waals surface area contributed by atoms with Gasteiger partial charge in [0.1, 0.15) is 23.4 Å². The van der Waals surface area contributed by atoms with Crippen molar-refractivity contribution in [1.29, 1.82) is 0 Å². The Labute approximate surface area is 258 Å². The third-order valence-electron chi connectivity index (χ3n) is 7.69. The fourth-order valence-electron chi connectivity index (χ4n) is 5.06. The van der Waals surface area contributed by atoms with Gasteiger partial charge in [-0.2, -0.15) is 0 Å². The quantitative estimate of drug-likeness (QED) is 0.182. The number of alkyl carbamates (subject to hydrolysis) is 1. The highest BCUT2D eigenvalue weighted by molar-refractivity contribution is 6.00. The second-order valence-electron chi connectivity index (χ2n) is 12.6. The number of rotatable bonds is 15. The maximum atomic E-state index is 14.5. The van der Waals surface area contributed by atoms with Crippen molar-refractivity contribution < 1.29 is 24.2 Å². The van der Waals surface area contributed by atoms with Gasteiger partial charge in [0, 0.05) is 12.2 Å². The lowest BCUT2D eigenvalue weighted by molar-refractivity contribution is -0.142. The second-order valence-corrected chi connectivity index (χ2v) is 12.6. The van der Waals surface area contributed by atoms with E-state index in [9.17, 15) is 19.5 Å². The van der Waals surface area contributed by atoms with Gasteiger partial charge in [-0.25, -0.2) is 4.79 Å². The summed E-state index contributed by atoms with van der Waals surface area (Å²) >= 11 is 0. The third-order valence-corrected chi connectivity index (χ3v) is 7.69. The molecule has 8 heteroatoms. The van der Waals surface area contributed by atoms with Gasteiger partial charge in [-0.15, -0.1) is 0 Å². The molecule has 0 aliphatic carbocycles. The molecule has 0 saturated heterocycles. The number of phenols is 1. The van der Waals surface area contributed by atoms with E-state index in [1.54, 1.807) is 37.8 Å². The first kappa shape index (κ1) is 35.6. The predicted octanol–water partition coefficient (Wildman–Crippen LogP) is 7.82. The Morgan fingerprint density at radius 2 is 1.49 bits per heavy atom. The van der Waals surface area contributed by atoms with Crippen LogP contribution in [0.15, 0.2) is 42.5 Å². The van der Waals surface area contributed by atoms with Gasteiger partial charge in [0.05, 0.1) is 0 Å². The zero-order valence-corrected chi connectivity index (χ0v) is 27.5. The molecule has 3 amide bonds. The number of benzene rings is 2. The molecule has 3 atom stereocenters. The van der Waals surface area contributed by atoms with E-state index in [4.69, 9.17) is 4.74 Å². The summed E-state index contributed by atoms with van der Waals surface area (Å²) in [5.74, 6) is -0.851. The summed E-state index contributed by atoms with van der Waals surface area (Å²) in [5, 5.41) is 15.9. The van der Waals surface area contributed by atoms with Gasteiger partial charge in [0.2, 0.25) is 5.91 Å². The Bertz CT molecular complexity index is 1170. The van der Waals surface area contributed by atoms with E-state index >= 15 is 0 Å². The largest absolute Gasteiger partial charge is 0.508 e. The number of aryl methyl sites for hydroxylation is 2. The topological polar surface area (TPSA) is 108 Å². The normalized spacial score (nSPS) is 13.5. The molecule has 2 aromatic rings. The minimum Gasteiger partial charge on any atom is -0.508 e. The van der Waals surface area contributed by atoms with E-state index in [0.717, 1.165) is 43.2 Å². The fourth-order valence-corrected chi connectivity index (χ4v) is 5.06. The average Bonchev–Trinajstić information content (AvgIpc) is 2.94. The van der Waals surface area contributed by atoms with Crippen LogP contribution in [0.25, 0.3) is 0 Å². The number of aromatic hydroxyl groups is 1. The van der Waals surface area contributed by atoms with Crippen LogP contribution in [-0.4, -0.2) is 46.1 Å². The Morgan fingerprint density at radius 1 is 0.907 bits per heavy atom. The SMILES string of the molecule is CCCCCCCCN(C(=O)C(NC(=O)OC(C)(C)C)C(C)CC)C(C(=O)Nc1c(C)cccc1C)c1ccc(O)cc1. The summed E-state index contributed by atoms with van der Waals surface area (Å²) in [4.78, 5) is 43.2. The third kappa shape index (κ3) is 11.2. The Balaban J connectivity index is 2.56. The van der Waals surface area contributed by atoms with Crippen molar-refractivity contribution in [3.05, 3.63) is 59.2 Å². The van der Waals surface area contributed by atoms with E-state index in [-0.39, 0.29) is 23.5 Å². The number of ether oxygens (including phenoxy) is 1. The van der Waals surface area contributed by atoms with Gasteiger partial charge >= 0.3 is 6.09 Å². The summed E-state index contributed by atoms with van der Waals surface area (Å²) < 4.78 is 5.51. The van der Waals surface area contributed by atoms with Gasteiger partial charge in [-0.05, 0) is 75.8 Å². The van der Waals surface area contributed by atoms with E-state index in [1.807, 2.05) is 45.9 Å². The van der Waals surface area contributed by atoms with Gasteiger partial charge in [-0.1, -0.05) is 89.6 Å². The number of nitrogens with one attached hydrogen (secondary N) is 2. The molecule has 2 aromatic carbocycles. The predicted molar refractivity (Wildman–Crippen MR) is 173 cm³/mol. The molecule has 0 spiro atoms. The molecule has 238 valence electrons. The van der Waals surface area contributed by atoms with E-state index < -0.39 is 23.8 Å². The smallest absolute Gasteiger partial charge is 0.408 e. The Morgan fingerprint density at radius 3 is 2.05 bits per heavy atom. The first-order valence-corrected chi connectivity index (χ1v) is 15.7. The van der Waals surface area contributed by atoms with Crippen LogP contribution in [0, 0.1) is 19.8 Å². The van der Waals surface area contributed by atoms with Crippen molar-refractivity contribution in [3.8, 4) is 5.75 Å². The lowest BCUT2D eigenvalue weighted by Gasteiger charge is -2.36. The van der Waals surface area contributed by atoms with Crippen LogP contribution in [0.3, 0.4) is 0 Å². The minimum absolute atomic E-state index is 0.0653. The average molecular weight is 596 g/mol. The van der Waals surface area contributed by atoms with E-state index in [0.29, 0.717) is 30.6 Å². The summed E-state index contributed by atoms with van der Waals surface area (Å²) in [6, 6.07) is 10.3. The number of carbonyl (C=O) groups is 3. The maximum absolute atomic E-state index is 14.5. The first-order valence-electron chi connectivity index (χ1n) is 15.7. The summed E-state index contributed by atoms with van der Waals surface area (Å²) in [6.45, 7) is 15.6. The summed E-state index contributed by atoms with van der Waals surface area (Å²) in [6.07, 6.45) is 6.04. The number of nitrogens with zero attached hydrogens (tertiary/aromatic N) is 1. The van der Waals surface area contributed by atoms with Crippen molar-refractivity contribution in [2.24, 2.45) is 5.92 Å². The highest BCUT2D eigenvalue weighted by Crippen LogP contribution is 2.29. The fraction of sp³-hybridized carbons (Fsp3) is 0.571. The molecule has 0 fully saturated rings. The van der Waals surface area contributed by atoms with Crippen LogP contribution in [0.2, 0.25) is 0 Å². The molecule has 0 aliphatic heterocycles. The van der Waals surface area contributed by atoms with Gasteiger partial charge in [0.15, 0.2) is 0 Å². The van der Waals surface area contributed by atoms with Crippen LogP contribution in [-0.2, 0) is 14.3 Å². The van der Waals surface area contributed by atoms with Crippen molar-refractivity contribution >= 4 is 23.6 Å². The number of hydrogen-bond acceptors (Lipinski definition) is 5. The molecular formula is C35H53N3O5. The highest BCUT2D eigenvalue weighted by atomic mass is 16.6. The van der Waals surface area contributed by atoms with Crippen molar-refractivity contribution in [2.45, 2.75) is 118 Å². The zero-order valence-electron chi connectivity index (χ0n) is 27.5. The molecule has 0 saturated carbocycles. The number of phenolic OH excluding ortho intramolecular Hbond substituents is 1. The second kappa shape index (κ2) is 16.9. The monoisotopic (exact) mass is 595 g/mol. The number of amides is 3. The molecule has 3 N–H and O–H groups in total. The summed E-state index contributed by atoms with van der Waals surface area (Å²) in [7, 11) is 0. The number of anilines is 1. The Hall–Kier alpha value is -3.55. The van der Waals surface area contributed by atoms with Crippen LogP contribution < -0.4 is 10.6 Å². The van der Waals surface area contributed by atoms with Gasteiger partial charge < -0.3 is 25.4 Å². The molecule has 3 unspecified atom stereocenters. The molecule has 43 heavy (non-hydrogen) atoms. The number of carbonyl (C=O) groups excluding carboxylic acids is 3. The Kier molecular flexibility index (Phi) is 14.0. The molecule has 0 aliphatic rings. The molecule has 0 heterocycles. The molecule has 8 nitrogen and oxygen atoms in total. The molecule has 0 bridgehead atoms. The van der Waals surface area contributed by atoms with Crippen molar-refractivity contribution in [3.63, 3.8) is 0 Å². The standard InChI is InChI=1S/C35H53N3O5/c1-9-11-12-13-14-15-23-38(33(41)30(24(3)10-2)37-34(42)43-35(6,7)8)31(27-19-21-28(39)22-20-27)32(40)36-29-25(4)17-16-18-26(29)5/h16-22,24,30-31,39H,9-15,23H2,1-8H3,(H,36,40)(H,37,42). The van der Waals surface area contributed by atoms with E-state index in [1.165, 1.54) is 12.1 Å². The maximum Gasteiger partial charge on any atom is 0.408 e. The number of hydrogen-bond donors (Lipinski definition) is 3. The van der Waals surface area contributed by atoms with Gasteiger partial charge in [-0.3, -0.25) is 9.59 Å². The molecule has 0 radical (unpaired) electrons. The van der Waals surface area contributed by atoms with Crippen molar-refractivity contribution in [1.82, 2.24) is 10.2 Å². The highest BCUT2D eigenvalue weighted by Gasteiger charge is 2.38. The van der Waals surface area contributed by atoms with Crippen LogP contribution >= 0.6 is 0 Å². The lowest BCUT2D eigenvalue weighted by Crippen LogP contribution is -2.55. The molecular weight excluding hydrogens is 542 g/mol. The van der Waals surface area contributed by atoms with Crippen molar-refractivity contribution in [2.75, 3.05) is 11.9 Å². The van der Waals surface area contributed by atoms with Crippen LogP contribution in [0.4, 0.5) is 10.5 Å². The van der Waals surface area contributed by atoms with Gasteiger partial charge in [0.25, 0.3) is 5.91 Å². The molecule has 0 aromatic heterocycles.